The summed E-state index contributed by atoms with van der Waals surface area (Å²) in [5, 5.41) is 0. The van der Waals surface area contributed by atoms with E-state index in [0.29, 0.717) is 6.04 Å². The molecular formula is C19H21F3N4. The van der Waals surface area contributed by atoms with Crippen molar-refractivity contribution in [2.24, 2.45) is 5.73 Å². The van der Waals surface area contributed by atoms with Crippen LogP contribution in [-0.2, 0) is 12.8 Å². The molecule has 4 rings (SSSR count). The van der Waals surface area contributed by atoms with Crippen LogP contribution in [0.3, 0.4) is 0 Å². The van der Waals surface area contributed by atoms with E-state index in [1.54, 1.807) is 12.1 Å². The molecule has 0 bridgehead atoms. The monoisotopic (exact) mass is 362 g/mol. The average molecular weight is 362 g/mol. The third kappa shape index (κ3) is 2.94. The van der Waals surface area contributed by atoms with Crippen LogP contribution in [0.5, 0.6) is 0 Å². The van der Waals surface area contributed by atoms with Crippen LogP contribution in [0.25, 0.3) is 11.3 Å². The number of aryl methyl sites for hydroxylation is 1. The third-order valence-electron chi connectivity index (χ3n) is 5.39. The summed E-state index contributed by atoms with van der Waals surface area (Å²) in [5.74, 6) is 0.732. The van der Waals surface area contributed by atoms with Gasteiger partial charge in [-0.25, -0.2) is 9.97 Å². The van der Waals surface area contributed by atoms with Gasteiger partial charge in [-0.15, -0.1) is 0 Å². The highest BCUT2D eigenvalue weighted by molar-refractivity contribution is 5.67. The highest BCUT2D eigenvalue weighted by atomic mass is 19.4. The highest BCUT2D eigenvalue weighted by Crippen LogP contribution is 2.35. The number of alkyl halides is 3. The maximum atomic E-state index is 12.8. The van der Waals surface area contributed by atoms with Crippen molar-refractivity contribution in [2.45, 2.75) is 50.9 Å². The number of hydrogen-bond acceptors (Lipinski definition) is 4. The Hall–Kier alpha value is -2.15. The number of nitrogens with two attached hydrogens (primary N) is 1. The fourth-order valence-electron chi connectivity index (χ4n) is 3.64. The summed E-state index contributed by atoms with van der Waals surface area (Å²) in [4.78, 5) is 11.7. The van der Waals surface area contributed by atoms with Crippen molar-refractivity contribution >= 4 is 5.95 Å². The lowest BCUT2D eigenvalue weighted by Crippen LogP contribution is -2.46. The van der Waals surface area contributed by atoms with Crippen molar-refractivity contribution in [3.63, 3.8) is 0 Å². The van der Waals surface area contributed by atoms with Gasteiger partial charge in [-0.1, -0.05) is 24.3 Å². The van der Waals surface area contributed by atoms with Crippen molar-refractivity contribution in [1.29, 1.82) is 0 Å². The van der Waals surface area contributed by atoms with Gasteiger partial charge >= 0.3 is 6.18 Å². The number of benzene rings is 1. The number of aromatic nitrogens is 2. The summed E-state index contributed by atoms with van der Waals surface area (Å²) in [7, 11) is 0. The van der Waals surface area contributed by atoms with Crippen LogP contribution in [-0.4, -0.2) is 28.7 Å². The maximum absolute atomic E-state index is 12.8. The van der Waals surface area contributed by atoms with E-state index in [1.165, 1.54) is 12.1 Å². The van der Waals surface area contributed by atoms with E-state index in [-0.39, 0.29) is 5.56 Å². The lowest BCUT2D eigenvalue weighted by Gasteiger charge is -2.39. The number of halogens is 3. The molecule has 1 aliphatic carbocycles. The molecule has 138 valence electrons. The molecule has 1 aliphatic heterocycles. The zero-order chi connectivity index (χ0) is 18.5. The van der Waals surface area contributed by atoms with E-state index in [0.717, 1.165) is 60.7 Å². The second-order valence-corrected chi connectivity index (χ2v) is 7.12. The zero-order valence-electron chi connectivity index (χ0n) is 14.6. The van der Waals surface area contributed by atoms with Gasteiger partial charge in [0.15, 0.2) is 0 Å². The molecule has 2 aliphatic rings. The number of anilines is 1. The van der Waals surface area contributed by atoms with E-state index in [4.69, 9.17) is 15.7 Å². The van der Waals surface area contributed by atoms with Gasteiger partial charge in [0.1, 0.15) is 6.04 Å². The predicted octanol–water partition coefficient (Wildman–Crippen LogP) is 3.79. The molecule has 2 aromatic rings. The molecule has 0 saturated carbocycles. The molecule has 1 aromatic carbocycles. The molecule has 0 amide bonds. The van der Waals surface area contributed by atoms with Gasteiger partial charge in [0.25, 0.3) is 0 Å². The van der Waals surface area contributed by atoms with Crippen LogP contribution in [0, 0.1) is 0 Å². The van der Waals surface area contributed by atoms with Crippen LogP contribution >= 0.6 is 0 Å². The van der Waals surface area contributed by atoms with Crippen molar-refractivity contribution in [1.82, 2.24) is 9.97 Å². The largest absolute Gasteiger partial charge is 0.407 e. The number of fused-ring (bicyclic) bond motifs is 1. The summed E-state index contributed by atoms with van der Waals surface area (Å²) >= 11 is 0. The molecule has 2 N–H and O–H groups in total. The molecule has 2 heterocycles. The standard InChI is InChI=1S/C19H21F3N4/c1-11-9-10-26(11)18-24-15-4-2-3-14(15)16(25-18)12-5-7-13(8-6-12)17(23)19(20,21)22/h5-8,11,17H,2-4,9-10,23H2,1H3/t11-,17?/m0/s1. The molecule has 0 radical (unpaired) electrons. The zero-order valence-corrected chi connectivity index (χ0v) is 14.6. The molecule has 7 heteroatoms. The topological polar surface area (TPSA) is 55.0 Å². The van der Waals surface area contributed by atoms with Crippen LogP contribution in [0.2, 0.25) is 0 Å². The molecule has 4 nitrogen and oxygen atoms in total. The van der Waals surface area contributed by atoms with Crippen molar-refractivity contribution in [3.8, 4) is 11.3 Å². The predicted molar refractivity (Wildman–Crippen MR) is 93.9 cm³/mol. The SMILES string of the molecule is C[C@H]1CCN1c1nc2c(c(-c3ccc(C(N)C(F)(F)F)cc3)n1)CCC2. The Bertz CT molecular complexity index is 817. The van der Waals surface area contributed by atoms with Crippen LogP contribution < -0.4 is 10.6 Å². The first-order valence-electron chi connectivity index (χ1n) is 8.93. The molecule has 1 unspecified atom stereocenters. The van der Waals surface area contributed by atoms with Gasteiger partial charge in [0, 0.05) is 29.4 Å². The molecule has 26 heavy (non-hydrogen) atoms. The Labute approximate surface area is 150 Å². The minimum Gasteiger partial charge on any atom is -0.338 e. The van der Waals surface area contributed by atoms with Crippen LogP contribution in [0.4, 0.5) is 19.1 Å². The van der Waals surface area contributed by atoms with Crippen LogP contribution in [0.15, 0.2) is 24.3 Å². The summed E-state index contributed by atoms with van der Waals surface area (Å²) < 4.78 is 38.4. The minimum absolute atomic E-state index is 0.0588. The highest BCUT2D eigenvalue weighted by Gasteiger charge is 2.37. The fourth-order valence-corrected chi connectivity index (χ4v) is 3.64. The molecule has 0 spiro atoms. The van der Waals surface area contributed by atoms with Crippen molar-refractivity contribution < 1.29 is 13.2 Å². The van der Waals surface area contributed by atoms with Gasteiger partial charge in [0.05, 0.1) is 5.69 Å². The van der Waals surface area contributed by atoms with E-state index < -0.39 is 12.2 Å². The van der Waals surface area contributed by atoms with E-state index in [9.17, 15) is 13.2 Å². The first-order valence-corrected chi connectivity index (χ1v) is 8.93. The number of nitrogens with zero attached hydrogens (tertiary/aromatic N) is 3. The smallest absolute Gasteiger partial charge is 0.338 e. The Morgan fingerprint density at radius 3 is 2.46 bits per heavy atom. The van der Waals surface area contributed by atoms with Crippen molar-refractivity contribution in [3.05, 3.63) is 41.1 Å². The Morgan fingerprint density at radius 2 is 1.88 bits per heavy atom. The number of rotatable bonds is 3. The molecule has 2 atom stereocenters. The van der Waals surface area contributed by atoms with Gasteiger partial charge < -0.3 is 10.6 Å². The molecular weight excluding hydrogens is 341 g/mol. The van der Waals surface area contributed by atoms with E-state index >= 15 is 0 Å². The molecule has 1 aromatic heterocycles. The summed E-state index contributed by atoms with van der Waals surface area (Å²) in [5.41, 5.74) is 9.21. The van der Waals surface area contributed by atoms with E-state index in [2.05, 4.69) is 11.8 Å². The number of hydrogen-bond donors (Lipinski definition) is 1. The molecule has 1 saturated heterocycles. The average Bonchev–Trinajstić information content (AvgIpc) is 3.07. The van der Waals surface area contributed by atoms with Gasteiger partial charge in [-0.05, 0) is 38.2 Å². The summed E-state index contributed by atoms with van der Waals surface area (Å²) in [6.07, 6.45) is -0.452. The van der Waals surface area contributed by atoms with Gasteiger partial charge in [-0.3, -0.25) is 0 Å². The Balaban J connectivity index is 1.71. The Morgan fingerprint density at radius 1 is 1.15 bits per heavy atom. The second-order valence-electron chi connectivity index (χ2n) is 7.12. The van der Waals surface area contributed by atoms with E-state index in [1.807, 2.05) is 0 Å². The lowest BCUT2D eigenvalue weighted by atomic mass is 10.0. The summed E-state index contributed by atoms with van der Waals surface area (Å²) in [6, 6.07) is 4.72. The normalized spacial score (nSPS) is 20.7. The van der Waals surface area contributed by atoms with Crippen LogP contribution in [0.1, 0.15) is 42.6 Å². The summed E-state index contributed by atoms with van der Waals surface area (Å²) in [6.45, 7) is 3.09. The first kappa shape index (κ1) is 17.3. The third-order valence-corrected chi connectivity index (χ3v) is 5.39. The van der Waals surface area contributed by atoms with Gasteiger partial charge in [0.2, 0.25) is 5.95 Å². The fraction of sp³-hybridized carbons (Fsp3) is 0.474. The second kappa shape index (κ2) is 6.23. The quantitative estimate of drug-likeness (QED) is 0.903. The van der Waals surface area contributed by atoms with Crippen molar-refractivity contribution in [2.75, 3.05) is 11.4 Å². The first-order chi connectivity index (χ1) is 12.3. The van der Waals surface area contributed by atoms with Gasteiger partial charge in [-0.2, -0.15) is 13.2 Å². The Kier molecular flexibility index (Phi) is 4.14. The minimum atomic E-state index is -4.45. The lowest BCUT2D eigenvalue weighted by molar-refractivity contribution is -0.149. The maximum Gasteiger partial charge on any atom is 0.407 e. The molecule has 1 fully saturated rings.